The topological polar surface area (TPSA) is 73.1 Å². The third-order valence-electron chi connectivity index (χ3n) is 1.85. The summed E-state index contributed by atoms with van der Waals surface area (Å²) in [7, 11) is 0. The number of rotatable bonds is 3. The van der Waals surface area contributed by atoms with Gasteiger partial charge in [0.25, 0.3) is 0 Å². The number of benzene rings is 1. The summed E-state index contributed by atoms with van der Waals surface area (Å²) in [5.74, 6) is 6.59. The molecule has 5 nitrogen and oxygen atoms in total. The van der Waals surface area contributed by atoms with Crippen molar-refractivity contribution in [3.63, 3.8) is 0 Å². The zero-order valence-electron chi connectivity index (χ0n) is 8.52. The first kappa shape index (κ1) is 12.3. The number of hydrogen-bond acceptors (Lipinski definition) is 5. The number of halogens is 2. The molecule has 0 saturated heterocycles. The van der Waals surface area contributed by atoms with Crippen LogP contribution in [0.5, 0.6) is 11.6 Å². The van der Waals surface area contributed by atoms with Crippen LogP contribution in [0, 0.1) is 0 Å². The van der Waals surface area contributed by atoms with Crippen LogP contribution in [-0.4, -0.2) is 9.97 Å². The quantitative estimate of drug-likeness (QED) is 0.650. The number of nitrogens with two attached hydrogens (primary N) is 1. The molecule has 1 heterocycles. The van der Waals surface area contributed by atoms with E-state index in [1.807, 2.05) is 24.3 Å². The number of nitrogen functional groups attached to an aromatic ring is 1. The highest BCUT2D eigenvalue weighted by molar-refractivity contribution is 9.10. The van der Waals surface area contributed by atoms with Gasteiger partial charge in [0.2, 0.25) is 11.8 Å². The summed E-state index contributed by atoms with van der Waals surface area (Å²) in [6, 6.07) is 7.45. The van der Waals surface area contributed by atoms with Gasteiger partial charge in [0.1, 0.15) is 5.75 Å². The molecule has 7 heteroatoms. The fourth-order valence-electron chi connectivity index (χ4n) is 1.13. The van der Waals surface area contributed by atoms with Crippen molar-refractivity contribution in [3.8, 4) is 11.6 Å². The fraction of sp³-hybridized carbons (Fsp3) is 0. The Morgan fingerprint density at radius 3 is 2.82 bits per heavy atom. The van der Waals surface area contributed by atoms with E-state index < -0.39 is 0 Å². The second-order valence-electron chi connectivity index (χ2n) is 3.05. The Bertz CT molecular complexity index is 535. The zero-order valence-corrected chi connectivity index (χ0v) is 11.7. The van der Waals surface area contributed by atoms with Crippen molar-refractivity contribution < 1.29 is 4.74 Å². The number of aromatic nitrogens is 2. The molecule has 0 aliphatic heterocycles. The highest BCUT2D eigenvalue weighted by Gasteiger charge is 2.07. The Hall–Kier alpha value is -1.18. The van der Waals surface area contributed by atoms with Gasteiger partial charge in [-0.1, -0.05) is 22.0 Å². The van der Waals surface area contributed by atoms with Crippen LogP contribution >= 0.6 is 31.9 Å². The minimum absolute atomic E-state index is 0.290. The molecule has 0 aliphatic rings. The van der Waals surface area contributed by atoms with Crippen molar-refractivity contribution in [2.24, 2.45) is 5.84 Å². The predicted molar refractivity (Wildman–Crippen MR) is 71.8 cm³/mol. The average Bonchev–Trinajstić information content (AvgIpc) is 2.32. The summed E-state index contributed by atoms with van der Waals surface area (Å²) in [6.07, 6.45) is 1.56. The molecule has 0 amide bonds. The fourth-order valence-corrected chi connectivity index (χ4v) is 1.78. The second-order valence-corrected chi connectivity index (χ2v) is 4.82. The molecule has 0 spiro atoms. The third kappa shape index (κ3) is 3.15. The van der Waals surface area contributed by atoms with Crippen molar-refractivity contribution in [2.75, 3.05) is 5.43 Å². The van der Waals surface area contributed by atoms with E-state index in [0.29, 0.717) is 16.1 Å². The molecule has 0 bridgehead atoms. The molecule has 0 fully saturated rings. The highest BCUT2D eigenvalue weighted by atomic mass is 79.9. The van der Waals surface area contributed by atoms with Gasteiger partial charge in [-0.2, -0.15) is 4.98 Å². The van der Waals surface area contributed by atoms with Crippen LogP contribution in [0.15, 0.2) is 39.4 Å². The van der Waals surface area contributed by atoms with Gasteiger partial charge in [-0.25, -0.2) is 10.8 Å². The van der Waals surface area contributed by atoms with Gasteiger partial charge in [0, 0.05) is 4.47 Å². The minimum atomic E-state index is 0.290. The first-order chi connectivity index (χ1) is 8.19. The average molecular weight is 360 g/mol. The Kier molecular flexibility index (Phi) is 3.93. The maximum Gasteiger partial charge on any atom is 0.240 e. The van der Waals surface area contributed by atoms with Crippen molar-refractivity contribution >= 4 is 37.8 Å². The second kappa shape index (κ2) is 5.44. The van der Waals surface area contributed by atoms with E-state index >= 15 is 0 Å². The molecular weight excluding hydrogens is 352 g/mol. The lowest BCUT2D eigenvalue weighted by Gasteiger charge is -2.07. The van der Waals surface area contributed by atoms with Crippen LogP contribution in [0.25, 0.3) is 0 Å². The molecule has 1 aromatic carbocycles. The number of nitrogens with one attached hydrogen (secondary N) is 1. The van der Waals surface area contributed by atoms with Gasteiger partial charge < -0.3 is 4.74 Å². The van der Waals surface area contributed by atoms with Gasteiger partial charge in [-0.15, -0.1) is 0 Å². The molecule has 0 radical (unpaired) electrons. The molecule has 3 N–H and O–H groups in total. The van der Waals surface area contributed by atoms with Crippen LogP contribution in [0.1, 0.15) is 0 Å². The summed E-state index contributed by atoms with van der Waals surface area (Å²) in [5, 5.41) is 0. The molecule has 0 unspecified atom stereocenters. The molecule has 2 aromatic rings. The van der Waals surface area contributed by atoms with Crippen molar-refractivity contribution in [2.45, 2.75) is 0 Å². The summed E-state index contributed by atoms with van der Waals surface area (Å²) < 4.78 is 7.19. The van der Waals surface area contributed by atoms with E-state index in [1.165, 1.54) is 0 Å². The standard InChI is InChI=1S/C10H8Br2N4O/c11-6-2-1-3-7(4-6)17-9-8(12)5-14-10(15-9)16-13/h1-5H,13H2,(H,14,15,16). The normalized spacial score (nSPS) is 10.1. The highest BCUT2D eigenvalue weighted by Crippen LogP contribution is 2.28. The zero-order chi connectivity index (χ0) is 12.3. The first-order valence-electron chi connectivity index (χ1n) is 4.61. The van der Waals surface area contributed by atoms with Gasteiger partial charge in [0.05, 0.1) is 10.7 Å². The maximum absolute atomic E-state index is 5.61. The van der Waals surface area contributed by atoms with E-state index in [1.54, 1.807) is 6.20 Å². The SMILES string of the molecule is NNc1ncc(Br)c(Oc2cccc(Br)c2)n1. The Labute approximate surface area is 115 Å². The summed E-state index contributed by atoms with van der Waals surface area (Å²) in [5.41, 5.74) is 2.36. The Balaban J connectivity index is 2.29. The lowest BCUT2D eigenvalue weighted by Crippen LogP contribution is -2.10. The molecule has 2 rings (SSSR count). The van der Waals surface area contributed by atoms with Crippen LogP contribution in [0.3, 0.4) is 0 Å². The molecule has 0 saturated carbocycles. The molecule has 88 valence electrons. The third-order valence-corrected chi connectivity index (χ3v) is 2.89. The number of ether oxygens (including phenoxy) is 1. The van der Waals surface area contributed by atoms with E-state index in [9.17, 15) is 0 Å². The molecule has 1 aromatic heterocycles. The monoisotopic (exact) mass is 358 g/mol. The van der Waals surface area contributed by atoms with Crippen molar-refractivity contribution in [1.82, 2.24) is 9.97 Å². The molecule has 0 aliphatic carbocycles. The van der Waals surface area contributed by atoms with E-state index in [0.717, 1.165) is 4.47 Å². The van der Waals surface area contributed by atoms with Gasteiger partial charge in [0.15, 0.2) is 0 Å². The predicted octanol–water partition coefficient (Wildman–Crippen LogP) is 3.08. The van der Waals surface area contributed by atoms with Crippen LogP contribution in [-0.2, 0) is 0 Å². The lowest BCUT2D eigenvalue weighted by molar-refractivity contribution is 0.458. The summed E-state index contributed by atoms with van der Waals surface area (Å²) >= 11 is 6.67. The first-order valence-corrected chi connectivity index (χ1v) is 6.20. The van der Waals surface area contributed by atoms with E-state index in [2.05, 4.69) is 47.3 Å². The van der Waals surface area contributed by atoms with Crippen LogP contribution in [0.4, 0.5) is 5.95 Å². The van der Waals surface area contributed by atoms with Gasteiger partial charge in [-0.05, 0) is 34.1 Å². The number of hydrogen-bond donors (Lipinski definition) is 2. The summed E-state index contributed by atoms with van der Waals surface area (Å²) in [4.78, 5) is 8.02. The molecular formula is C10H8Br2N4O. The van der Waals surface area contributed by atoms with E-state index in [-0.39, 0.29) is 5.95 Å². The maximum atomic E-state index is 5.61. The van der Waals surface area contributed by atoms with Gasteiger partial charge in [-0.3, -0.25) is 5.43 Å². The summed E-state index contributed by atoms with van der Waals surface area (Å²) in [6.45, 7) is 0. The van der Waals surface area contributed by atoms with Crippen molar-refractivity contribution in [1.29, 1.82) is 0 Å². The minimum Gasteiger partial charge on any atom is -0.438 e. The Morgan fingerprint density at radius 2 is 2.12 bits per heavy atom. The number of anilines is 1. The number of hydrazine groups is 1. The smallest absolute Gasteiger partial charge is 0.240 e. The van der Waals surface area contributed by atoms with Crippen LogP contribution in [0.2, 0.25) is 0 Å². The van der Waals surface area contributed by atoms with Crippen molar-refractivity contribution in [3.05, 3.63) is 39.4 Å². The molecule has 17 heavy (non-hydrogen) atoms. The molecule has 0 atom stereocenters. The Morgan fingerprint density at radius 1 is 1.29 bits per heavy atom. The number of nitrogens with zero attached hydrogens (tertiary/aromatic N) is 2. The lowest BCUT2D eigenvalue weighted by atomic mass is 10.3. The van der Waals surface area contributed by atoms with Gasteiger partial charge >= 0.3 is 0 Å². The van der Waals surface area contributed by atoms with E-state index in [4.69, 9.17) is 10.6 Å². The largest absolute Gasteiger partial charge is 0.438 e. The van der Waals surface area contributed by atoms with Crippen LogP contribution < -0.4 is 16.0 Å².